The fourth-order valence-electron chi connectivity index (χ4n) is 0.877. The minimum absolute atomic E-state index is 0.226. The number of rotatable bonds is 2. The Hall–Kier alpha value is -1.17. The number of furan rings is 1. The van der Waals surface area contributed by atoms with Gasteiger partial charge < -0.3 is 9.52 Å². The van der Waals surface area contributed by atoms with Crippen LogP contribution in [0.15, 0.2) is 10.5 Å². The van der Waals surface area contributed by atoms with Gasteiger partial charge in [0.05, 0.1) is 5.88 Å². The van der Waals surface area contributed by atoms with Crippen LogP contribution in [0.5, 0.6) is 0 Å². The lowest BCUT2D eigenvalue weighted by Crippen LogP contribution is -2.09. The summed E-state index contributed by atoms with van der Waals surface area (Å²) in [6, 6.07) is 0.762. The van der Waals surface area contributed by atoms with Gasteiger partial charge in [-0.3, -0.25) is 0 Å². The minimum Gasteiger partial charge on any atom is -0.478 e. The molecule has 3 nitrogen and oxygen atoms in total. The fraction of sp³-hybridized carbons (Fsp3) is 0.286. The number of carboxylic acid groups (broad SMARTS) is 1. The van der Waals surface area contributed by atoms with Gasteiger partial charge in [0.1, 0.15) is 11.3 Å². The summed E-state index contributed by atoms with van der Waals surface area (Å²) in [6.07, 6.45) is -4.82. The van der Waals surface area contributed by atoms with Gasteiger partial charge in [-0.05, 0) is 6.07 Å². The molecule has 0 unspecified atom stereocenters. The molecule has 0 radical (unpaired) electrons. The summed E-state index contributed by atoms with van der Waals surface area (Å²) < 4.78 is 40.7. The van der Waals surface area contributed by atoms with Crippen molar-refractivity contribution in [3.63, 3.8) is 0 Å². The average molecular weight is 229 g/mol. The highest BCUT2D eigenvalue weighted by atomic mass is 35.5. The van der Waals surface area contributed by atoms with Gasteiger partial charge in [0.2, 0.25) is 5.76 Å². The Labute approximate surface area is 81.1 Å². The third-order valence-electron chi connectivity index (χ3n) is 1.40. The van der Waals surface area contributed by atoms with Gasteiger partial charge in [-0.15, -0.1) is 11.6 Å². The summed E-state index contributed by atoms with van der Waals surface area (Å²) in [6.45, 7) is 0. The lowest BCUT2D eigenvalue weighted by atomic mass is 10.2. The normalized spacial score (nSPS) is 11.7. The predicted molar refractivity (Wildman–Crippen MR) is 40.2 cm³/mol. The van der Waals surface area contributed by atoms with Crippen LogP contribution in [0, 0.1) is 0 Å². The first-order chi connectivity index (χ1) is 6.36. The van der Waals surface area contributed by atoms with Crippen molar-refractivity contribution in [2.75, 3.05) is 0 Å². The first-order valence-corrected chi connectivity index (χ1v) is 3.89. The van der Waals surface area contributed by atoms with Crippen molar-refractivity contribution >= 4 is 17.6 Å². The van der Waals surface area contributed by atoms with Gasteiger partial charge in [0.25, 0.3) is 0 Å². The topological polar surface area (TPSA) is 50.4 Å². The Morgan fingerprint density at radius 1 is 1.57 bits per heavy atom. The molecule has 1 rings (SSSR count). The molecular weight excluding hydrogens is 225 g/mol. The SMILES string of the molecule is O=C(O)c1cc(CCl)oc1C(F)(F)F. The van der Waals surface area contributed by atoms with Crippen LogP contribution in [-0.4, -0.2) is 11.1 Å². The van der Waals surface area contributed by atoms with E-state index in [1.807, 2.05) is 0 Å². The van der Waals surface area contributed by atoms with E-state index >= 15 is 0 Å². The van der Waals surface area contributed by atoms with Gasteiger partial charge in [0, 0.05) is 0 Å². The van der Waals surface area contributed by atoms with Crippen LogP contribution >= 0.6 is 11.6 Å². The molecule has 1 heterocycles. The van der Waals surface area contributed by atoms with Gasteiger partial charge in [0.15, 0.2) is 0 Å². The van der Waals surface area contributed by atoms with E-state index in [-0.39, 0.29) is 11.6 Å². The van der Waals surface area contributed by atoms with Gasteiger partial charge in [-0.25, -0.2) is 4.79 Å². The molecule has 78 valence electrons. The molecule has 0 bridgehead atoms. The zero-order valence-electron chi connectivity index (χ0n) is 6.56. The van der Waals surface area contributed by atoms with Crippen molar-refractivity contribution in [2.45, 2.75) is 12.1 Å². The van der Waals surface area contributed by atoms with Gasteiger partial charge >= 0.3 is 12.1 Å². The molecule has 7 heteroatoms. The minimum atomic E-state index is -4.82. The summed E-state index contributed by atoms with van der Waals surface area (Å²) >= 11 is 5.21. The summed E-state index contributed by atoms with van der Waals surface area (Å²) in [7, 11) is 0. The largest absolute Gasteiger partial charge is 0.478 e. The summed E-state index contributed by atoms with van der Waals surface area (Å²) in [5.41, 5.74) is -0.923. The molecule has 0 aliphatic carbocycles. The Balaban J connectivity index is 3.26. The standard InChI is InChI=1S/C7H4ClF3O3/c8-2-3-1-4(6(12)13)5(14-3)7(9,10)11/h1H,2H2,(H,12,13). The van der Waals surface area contributed by atoms with Crippen molar-refractivity contribution < 1.29 is 27.5 Å². The molecule has 0 saturated carbocycles. The zero-order valence-corrected chi connectivity index (χ0v) is 7.32. The maximum Gasteiger partial charge on any atom is 0.450 e. The number of carbonyl (C=O) groups is 1. The van der Waals surface area contributed by atoms with Crippen LogP contribution < -0.4 is 0 Å². The molecule has 1 aromatic heterocycles. The Morgan fingerprint density at radius 3 is 2.43 bits per heavy atom. The quantitative estimate of drug-likeness (QED) is 0.792. The van der Waals surface area contributed by atoms with Crippen LogP contribution in [-0.2, 0) is 12.1 Å². The predicted octanol–water partition coefficient (Wildman–Crippen LogP) is 2.74. The van der Waals surface area contributed by atoms with E-state index in [1.54, 1.807) is 0 Å². The van der Waals surface area contributed by atoms with Crippen molar-refractivity contribution in [3.05, 3.63) is 23.2 Å². The fourth-order valence-corrected chi connectivity index (χ4v) is 1.01. The lowest BCUT2D eigenvalue weighted by Gasteiger charge is -2.02. The number of halogens is 4. The van der Waals surface area contributed by atoms with Crippen molar-refractivity contribution in [1.29, 1.82) is 0 Å². The van der Waals surface area contributed by atoms with Crippen LogP contribution in [0.3, 0.4) is 0 Å². The van der Waals surface area contributed by atoms with Gasteiger partial charge in [-0.1, -0.05) is 0 Å². The second kappa shape index (κ2) is 3.53. The second-order valence-electron chi connectivity index (χ2n) is 2.39. The van der Waals surface area contributed by atoms with E-state index < -0.39 is 23.5 Å². The van der Waals surface area contributed by atoms with Crippen LogP contribution in [0.2, 0.25) is 0 Å². The van der Waals surface area contributed by atoms with Crippen molar-refractivity contribution in [1.82, 2.24) is 0 Å². The number of hydrogen-bond acceptors (Lipinski definition) is 2. The summed E-state index contributed by atoms with van der Waals surface area (Å²) in [4.78, 5) is 10.4. The highest BCUT2D eigenvalue weighted by Crippen LogP contribution is 2.34. The Morgan fingerprint density at radius 2 is 2.14 bits per heavy atom. The Bertz CT molecular complexity index is 356. The molecule has 1 aromatic rings. The molecule has 0 saturated heterocycles. The smallest absolute Gasteiger partial charge is 0.450 e. The van der Waals surface area contributed by atoms with Crippen LogP contribution in [0.4, 0.5) is 13.2 Å². The van der Waals surface area contributed by atoms with E-state index in [9.17, 15) is 18.0 Å². The lowest BCUT2D eigenvalue weighted by molar-refractivity contribution is -0.153. The summed E-state index contributed by atoms with van der Waals surface area (Å²) in [5.74, 6) is -3.76. The zero-order chi connectivity index (χ0) is 10.9. The first-order valence-electron chi connectivity index (χ1n) is 3.35. The van der Waals surface area contributed by atoms with Crippen molar-refractivity contribution in [2.24, 2.45) is 0 Å². The Kier molecular flexibility index (Phi) is 2.75. The maximum atomic E-state index is 12.2. The third-order valence-corrected chi connectivity index (χ3v) is 1.67. The highest BCUT2D eigenvalue weighted by Gasteiger charge is 2.40. The molecule has 0 fully saturated rings. The van der Waals surface area contributed by atoms with E-state index in [1.165, 1.54) is 0 Å². The number of aromatic carboxylic acids is 1. The maximum absolute atomic E-state index is 12.2. The summed E-state index contributed by atoms with van der Waals surface area (Å²) in [5, 5.41) is 8.43. The van der Waals surface area contributed by atoms with E-state index in [0.717, 1.165) is 6.07 Å². The molecule has 0 aromatic carbocycles. The third kappa shape index (κ3) is 2.01. The first kappa shape index (κ1) is 10.9. The van der Waals surface area contributed by atoms with Crippen LogP contribution in [0.1, 0.15) is 21.9 Å². The second-order valence-corrected chi connectivity index (χ2v) is 2.66. The molecular formula is C7H4ClF3O3. The van der Waals surface area contributed by atoms with Crippen molar-refractivity contribution in [3.8, 4) is 0 Å². The molecule has 14 heavy (non-hydrogen) atoms. The molecule has 0 atom stereocenters. The van der Waals surface area contributed by atoms with Crippen LogP contribution in [0.25, 0.3) is 0 Å². The van der Waals surface area contributed by atoms with Gasteiger partial charge in [-0.2, -0.15) is 13.2 Å². The van der Waals surface area contributed by atoms with E-state index in [0.29, 0.717) is 0 Å². The van der Waals surface area contributed by atoms with E-state index in [2.05, 4.69) is 4.42 Å². The molecule has 0 amide bonds. The molecule has 1 N–H and O–H groups in total. The van der Waals surface area contributed by atoms with E-state index in [4.69, 9.17) is 16.7 Å². The highest BCUT2D eigenvalue weighted by molar-refractivity contribution is 6.16. The average Bonchev–Trinajstić information content (AvgIpc) is 2.46. The molecule has 0 aliphatic heterocycles. The number of alkyl halides is 4. The molecule has 0 spiro atoms. The monoisotopic (exact) mass is 228 g/mol. The number of hydrogen-bond donors (Lipinski definition) is 1. The number of carboxylic acids is 1. The molecule has 0 aliphatic rings.